The lowest BCUT2D eigenvalue weighted by atomic mass is 10.2. The van der Waals surface area contributed by atoms with Crippen LogP contribution in [0.3, 0.4) is 0 Å². The van der Waals surface area contributed by atoms with E-state index in [1.165, 1.54) is 30.3 Å². The molecule has 0 unspecified atom stereocenters. The molecular weight excluding hydrogens is 445 g/mol. The van der Waals surface area contributed by atoms with Crippen LogP contribution in [0.25, 0.3) is 0 Å². The minimum atomic E-state index is -4.08. The minimum Gasteiger partial charge on any atom is -0.452 e. The number of halogens is 2. The highest BCUT2D eigenvalue weighted by Gasteiger charge is 2.30. The van der Waals surface area contributed by atoms with Crippen molar-refractivity contribution in [2.75, 3.05) is 5.32 Å². The number of hydrogen-bond acceptors (Lipinski definition) is 6. The van der Waals surface area contributed by atoms with E-state index in [9.17, 15) is 18.1 Å². The Bertz CT molecular complexity index is 1360. The number of ether oxygens (including phenoxy) is 1. The number of aromatic nitrogens is 1. The molecule has 11 heteroatoms. The zero-order valence-electron chi connectivity index (χ0n) is 15.6. The number of fused-ring (bicyclic) bond motifs is 1. The summed E-state index contributed by atoms with van der Waals surface area (Å²) in [6.07, 6.45) is 1.54. The Morgan fingerprint density at radius 3 is 2.74 bits per heavy atom. The summed E-state index contributed by atoms with van der Waals surface area (Å²) in [5.41, 5.74) is 0.496. The number of rotatable bonds is 4. The molecule has 8 nitrogen and oxygen atoms in total. The summed E-state index contributed by atoms with van der Waals surface area (Å²) in [7, 11) is -4.08. The van der Waals surface area contributed by atoms with Crippen molar-refractivity contribution in [3.8, 4) is 17.6 Å². The zero-order chi connectivity index (χ0) is 22.0. The van der Waals surface area contributed by atoms with E-state index in [2.05, 4.69) is 20.0 Å². The molecule has 2 N–H and O–H groups in total. The first-order chi connectivity index (χ1) is 14.9. The lowest BCUT2D eigenvalue weighted by Gasteiger charge is -2.24. The second kappa shape index (κ2) is 8.22. The van der Waals surface area contributed by atoms with Crippen LogP contribution < -0.4 is 14.8 Å². The molecule has 0 fully saturated rings. The highest BCUT2D eigenvalue weighted by atomic mass is 35.5. The predicted molar refractivity (Wildman–Crippen MR) is 112 cm³/mol. The van der Waals surface area contributed by atoms with Gasteiger partial charge in [-0.2, -0.15) is 5.26 Å². The van der Waals surface area contributed by atoms with Crippen molar-refractivity contribution in [2.24, 2.45) is 4.99 Å². The van der Waals surface area contributed by atoms with Crippen LogP contribution in [0.4, 0.5) is 10.1 Å². The molecule has 0 spiro atoms. The van der Waals surface area contributed by atoms with Crippen molar-refractivity contribution >= 4 is 33.3 Å². The molecule has 31 heavy (non-hydrogen) atoms. The van der Waals surface area contributed by atoms with Crippen molar-refractivity contribution in [2.45, 2.75) is 11.4 Å². The Labute approximate surface area is 182 Å². The second-order valence-electron chi connectivity index (χ2n) is 6.32. The fourth-order valence-corrected chi connectivity index (χ4v) is 4.17. The maximum absolute atomic E-state index is 14.1. The number of sulfonamides is 1. The normalized spacial score (nSPS) is 15.3. The van der Waals surface area contributed by atoms with Crippen molar-refractivity contribution in [3.05, 3.63) is 76.8 Å². The van der Waals surface area contributed by atoms with Gasteiger partial charge < -0.3 is 10.1 Å². The SMILES string of the molecule is N#Cc1cc(Oc2ccccc2F)c2c(c1)S(=O)(=O)NC(=NCc1ncccc1Cl)N2. The van der Waals surface area contributed by atoms with Gasteiger partial charge in [-0.15, -0.1) is 0 Å². The van der Waals surface area contributed by atoms with Crippen LogP contribution in [-0.4, -0.2) is 19.4 Å². The lowest BCUT2D eigenvalue weighted by molar-refractivity contribution is 0.442. The number of aliphatic imine (C=N–C) groups is 1. The summed E-state index contributed by atoms with van der Waals surface area (Å²) in [6.45, 7) is -0.000354. The van der Waals surface area contributed by atoms with Crippen LogP contribution in [0, 0.1) is 17.1 Å². The third-order valence-electron chi connectivity index (χ3n) is 4.24. The lowest BCUT2D eigenvalue weighted by Crippen LogP contribution is -2.41. The van der Waals surface area contributed by atoms with Gasteiger partial charge >= 0.3 is 0 Å². The first-order valence-corrected chi connectivity index (χ1v) is 10.7. The molecule has 0 amide bonds. The predicted octanol–water partition coefficient (Wildman–Crippen LogP) is 3.80. The molecule has 2 aromatic carbocycles. The number of nitriles is 1. The van der Waals surface area contributed by atoms with Gasteiger partial charge in [-0.05, 0) is 30.3 Å². The fraction of sp³-hybridized carbons (Fsp3) is 0.0500. The summed E-state index contributed by atoms with van der Waals surface area (Å²) < 4.78 is 47.6. The van der Waals surface area contributed by atoms with Gasteiger partial charge in [0, 0.05) is 12.3 Å². The van der Waals surface area contributed by atoms with Crippen molar-refractivity contribution in [1.29, 1.82) is 5.26 Å². The Balaban J connectivity index is 1.76. The van der Waals surface area contributed by atoms with E-state index in [-0.39, 0.29) is 40.1 Å². The number of nitrogens with zero attached hydrogens (tertiary/aromatic N) is 3. The third kappa shape index (κ3) is 4.28. The van der Waals surface area contributed by atoms with Crippen molar-refractivity contribution in [1.82, 2.24) is 9.71 Å². The first kappa shape index (κ1) is 20.6. The molecule has 0 atom stereocenters. The fourth-order valence-electron chi connectivity index (χ4n) is 2.80. The monoisotopic (exact) mass is 457 g/mol. The standard InChI is InChI=1S/C20H13ClFN5O3S/c21-13-4-3-7-24-15(13)11-25-20-26-19-17(30-16-6-2-1-5-14(16)22)8-12(10-23)9-18(19)31(28,29)27-20/h1-9H,11H2,(H2,25,26,27). The Morgan fingerprint density at radius 2 is 2.00 bits per heavy atom. The second-order valence-corrected chi connectivity index (χ2v) is 8.38. The third-order valence-corrected chi connectivity index (χ3v) is 5.94. The maximum Gasteiger partial charge on any atom is 0.266 e. The van der Waals surface area contributed by atoms with Gasteiger partial charge in [0.25, 0.3) is 10.0 Å². The van der Waals surface area contributed by atoms with Crippen LogP contribution in [0.1, 0.15) is 11.3 Å². The smallest absolute Gasteiger partial charge is 0.266 e. The van der Waals surface area contributed by atoms with Gasteiger partial charge in [0.05, 0.1) is 28.9 Å². The van der Waals surface area contributed by atoms with Crippen molar-refractivity contribution in [3.63, 3.8) is 0 Å². The molecule has 0 saturated carbocycles. The molecule has 2 heterocycles. The van der Waals surface area contributed by atoms with Gasteiger partial charge in [0.2, 0.25) is 5.96 Å². The summed E-state index contributed by atoms with van der Waals surface area (Å²) in [5.74, 6) is -0.921. The number of hydrogen-bond donors (Lipinski definition) is 2. The molecule has 0 bridgehead atoms. The average molecular weight is 458 g/mol. The Kier molecular flexibility index (Phi) is 5.46. The number of para-hydroxylation sites is 1. The van der Waals surface area contributed by atoms with E-state index in [0.717, 1.165) is 0 Å². The van der Waals surface area contributed by atoms with Gasteiger partial charge in [-0.25, -0.2) is 22.5 Å². The average Bonchev–Trinajstić information content (AvgIpc) is 2.74. The van der Waals surface area contributed by atoms with Gasteiger partial charge in [0.15, 0.2) is 17.3 Å². The molecule has 1 aromatic heterocycles. The number of benzene rings is 2. The van der Waals surface area contributed by atoms with Crippen LogP contribution in [0.15, 0.2) is 64.6 Å². The van der Waals surface area contributed by atoms with E-state index in [0.29, 0.717) is 10.7 Å². The highest BCUT2D eigenvalue weighted by molar-refractivity contribution is 7.90. The Morgan fingerprint density at radius 1 is 1.19 bits per heavy atom. The van der Waals surface area contributed by atoms with Crippen LogP contribution in [-0.2, 0) is 16.6 Å². The number of pyridine rings is 1. The molecule has 4 rings (SSSR count). The Hall–Kier alpha value is -3.68. The topological polar surface area (TPSA) is 116 Å². The van der Waals surface area contributed by atoms with E-state index in [1.54, 1.807) is 24.4 Å². The van der Waals surface area contributed by atoms with Gasteiger partial charge in [-0.3, -0.25) is 4.98 Å². The number of guanidine groups is 1. The molecule has 0 aliphatic carbocycles. The molecule has 3 aromatic rings. The van der Waals surface area contributed by atoms with Gasteiger partial charge in [-0.1, -0.05) is 23.7 Å². The zero-order valence-corrected chi connectivity index (χ0v) is 17.2. The van der Waals surface area contributed by atoms with Crippen LogP contribution in [0.2, 0.25) is 5.02 Å². The largest absolute Gasteiger partial charge is 0.452 e. The van der Waals surface area contributed by atoms with Crippen LogP contribution in [0.5, 0.6) is 11.5 Å². The molecule has 1 aliphatic rings. The maximum atomic E-state index is 14.1. The molecule has 0 saturated heterocycles. The van der Waals surface area contributed by atoms with Gasteiger partial charge in [0.1, 0.15) is 10.6 Å². The molecule has 156 valence electrons. The number of anilines is 1. The molecule has 0 radical (unpaired) electrons. The highest BCUT2D eigenvalue weighted by Crippen LogP contribution is 2.38. The first-order valence-electron chi connectivity index (χ1n) is 8.81. The van der Waals surface area contributed by atoms with Crippen molar-refractivity contribution < 1.29 is 17.5 Å². The molecule has 1 aliphatic heterocycles. The summed E-state index contributed by atoms with van der Waals surface area (Å²) in [5, 5.41) is 12.5. The summed E-state index contributed by atoms with van der Waals surface area (Å²) >= 11 is 6.07. The van der Waals surface area contributed by atoms with E-state index in [1.807, 2.05) is 6.07 Å². The van der Waals surface area contributed by atoms with Crippen LogP contribution >= 0.6 is 11.6 Å². The number of nitrogens with one attached hydrogen (secondary N) is 2. The van der Waals surface area contributed by atoms with E-state index >= 15 is 0 Å². The van der Waals surface area contributed by atoms with E-state index in [4.69, 9.17) is 16.3 Å². The quantitative estimate of drug-likeness (QED) is 0.615. The molecular formula is C20H13ClFN5O3S. The summed E-state index contributed by atoms with van der Waals surface area (Å²) in [6, 6.07) is 13.3. The van der Waals surface area contributed by atoms with E-state index < -0.39 is 15.8 Å². The minimum absolute atomic E-state index is 0.000354. The summed E-state index contributed by atoms with van der Waals surface area (Å²) in [4.78, 5) is 8.06.